The second-order valence-electron chi connectivity index (χ2n) is 8.72. The topological polar surface area (TPSA) is 95.8 Å². The number of fused-ring (bicyclic) bond motifs is 1. The zero-order chi connectivity index (χ0) is 24.5. The molecule has 9 heteroatoms. The maximum atomic E-state index is 13.1. The minimum Gasteiger partial charge on any atom is -0.423 e. The molecule has 0 unspecified atom stereocenters. The summed E-state index contributed by atoms with van der Waals surface area (Å²) < 4.78 is 33.3. The Bertz CT molecular complexity index is 1260. The number of aryl methyl sites for hydroxylation is 1. The van der Waals surface area contributed by atoms with Crippen LogP contribution in [0.1, 0.15) is 37.8 Å². The average Bonchev–Trinajstić information content (AvgIpc) is 3.27. The van der Waals surface area contributed by atoms with Crippen LogP contribution in [0.15, 0.2) is 45.7 Å². The number of sulfonamides is 1. The van der Waals surface area contributed by atoms with Gasteiger partial charge in [0.25, 0.3) is 6.01 Å². The molecule has 1 N–H and O–H groups in total. The fourth-order valence-electron chi connectivity index (χ4n) is 4.38. The first kappa shape index (κ1) is 24.2. The first-order chi connectivity index (χ1) is 16.2. The highest BCUT2D eigenvalue weighted by molar-refractivity contribution is 7.89. The number of hydrogen-bond donors (Lipinski definition) is 1. The highest BCUT2D eigenvalue weighted by Gasteiger charge is 2.29. The number of carbonyl (C=O) groups is 1. The van der Waals surface area contributed by atoms with Crippen LogP contribution in [-0.4, -0.2) is 49.8 Å². The fraction of sp³-hybridized carbons (Fsp3) is 0.440. The molecule has 3 aromatic rings. The zero-order valence-corrected chi connectivity index (χ0v) is 21.0. The number of para-hydroxylation sites is 2. The van der Waals surface area contributed by atoms with Gasteiger partial charge in [-0.2, -0.15) is 9.29 Å². The number of rotatable bonds is 7. The Morgan fingerprint density at radius 3 is 2.47 bits per heavy atom. The molecule has 1 aliphatic rings. The molecule has 4 rings (SSSR count). The van der Waals surface area contributed by atoms with Crippen LogP contribution in [-0.2, 0) is 14.8 Å². The third kappa shape index (κ3) is 4.67. The number of piperidine rings is 1. The van der Waals surface area contributed by atoms with Crippen molar-refractivity contribution in [3.05, 3.63) is 47.5 Å². The van der Waals surface area contributed by atoms with E-state index in [-0.39, 0.29) is 16.7 Å². The predicted molar refractivity (Wildman–Crippen MR) is 134 cm³/mol. The second kappa shape index (κ2) is 9.76. The van der Waals surface area contributed by atoms with Crippen molar-refractivity contribution in [1.29, 1.82) is 0 Å². The number of aromatic nitrogens is 1. The Morgan fingerprint density at radius 2 is 1.82 bits per heavy atom. The van der Waals surface area contributed by atoms with Crippen molar-refractivity contribution in [1.82, 2.24) is 9.29 Å². The lowest BCUT2D eigenvalue weighted by Crippen LogP contribution is -2.38. The monoisotopic (exact) mass is 484 g/mol. The molecule has 0 spiro atoms. The van der Waals surface area contributed by atoms with Gasteiger partial charge in [-0.15, -0.1) is 0 Å². The zero-order valence-electron chi connectivity index (χ0n) is 20.2. The van der Waals surface area contributed by atoms with Crippen molar-refractivity contribution in [3.8, 4) is 0 Å². The van der Waals surface area contributed by atoms with Crippen molar-refractivity contribution in [3.63, 3.8) is 0 Å². The minimum atomic E-state index is -3.61. The van der Waals surface area contributed by atoms with E-state index in [0.29, 0.717) is 50.7 Å². The summed E-state index contributed by atoms with van der Waals surface area (Å²) in [6.45, 7) is 9.52. The van der Waals surface area contributed by atoms with E-state index in [2.05, 4.69) is 15.2 Å². The number of oxazole rings is 1. The van der Waals surface area contributed by atoms with Gasteiger partial charge in [0.2, 0.25) is 15.9 Å². The Morgan fingerprint density at radius 1 is 1.15 bits per heavy atom. The van der Waals surface area contributed by atoms with Crippen LogP contribution >= 0.6 is 0 Å². The van der Waals surface area contributed by atoms with Crippen LogP contribution in [0.5, 0.6) is 0 Å². The van der Waals surface area contributed by atoms with E-state index in [1.165, 1.54) is 4.31 Å². The Hall–Kier alpha value is -2.91. The first-order valence-electron chi connectivity index (χ1n) is 11.8. The molecular formula is C25H32N4O4S. The molecule has 1 amide bonds. The first-order valence-corrected chi connectivity index (χ1v) is 13.2. The van der Waals surface area contributed by atoms with Gasteiger partial charge in [0.1, 0.15) is 5.52 Å². The van der Waals surface area contributed by atoms with Crippen LogP contribution in [0.4, 0.5) is 11.7 Å². The molecule has 2 aromatic carbocycles. The van der Waals surface area contributed by atoms with E-state index in [4.69, 9.17) is 4.42 Å². The molecule has 1 aliphatic heterocycles. The molecular weight excluding hydrogens is 452 g/mol. The lowest BCUT2D eigenvalue weighted by Gasteiger charge is -2.30. The highest BCUT2D eigenvalue weighted by atomic mass is 32.2. The number of amides is 1. The van der Waals surface area contributed by atoms with Gasteiger partial charge < -0.3 is 14.6 Å². The molecule has 1 saturated heterocycles. The van der Waals surface area contributed by atoms with Crippen LogP contribution in [0.25, 0.3) is 11.1 Å². The van der Waals surface area contributed by atoms with Crippen molar-refractivity contribution in [2.45, 2.75) is 45.4 Å². The third-order valence-corrected chi connectivity index (χ3v) is 8.69. The summed E-state index contributed by atoms with van der Waals surface area (Å²) in [6, 6.07) is 11.5. The van der Waals surface area contributed by atoms with Crippen LogP contribution < -0.4 is 10.2 Å². The third-order valence-electron chi connectivity index (χ3n) is 6.66. The molecule has 0 saturated carbocycles. The van der Waals surface area contributed by atoms with Gasteiger partial charge in [-0.3, -0.25) is 4.79 Å². The molecule has 1 aromatic heterocycles. The predicted octanol–water partition coefficient (Wildman–Crippen LogP) is 4.33. The van der Waals surface area contributed by atoms with Crippen molar-refractivity contribution >= 4 is 38.7 Å². The van der Waals surface area contributed by atoms with Crippen LogP contribution in [0, 0.1) is 19.8 Å². The van der Waals surface area contributed by atoms with Gasteiger partial charge in [0.15, 0.2) is 5.58 Å². The Balaban J connectivity index is 1.46. The van der Waals surface area contributed by atoms with Gasteiger partial charge in [0, 0.05) is 37.8 Å². The van der Waals surface area contributed by atoms with Crippen molar-refractivity contribution < 1.29 is 17.6 Å². The van der Waals surface area contributed by atoms with Gasteiger partial charge in [-0.1, -0.05) is 26.0 Å². The average molecular weight is 485 g/mol. The normalized spacial score (nSPS) is 15.3. The van der Waals surface area contributed by atoms with Crippen LogP contribution in [0.3, 0.4) is 0 Å². The van der Waals surface area contributed by atoms with E-state index >= 15 is 0 Å². The summed E-state index contributed by atoms with van der Waals surface area (Å²) in [6.07, 6.45) is 1.33. The number of nitrogens with one attached hydrogen (secondary N) is 1. The van der Waals surface area contributed by atoms with E-state index in [1.807, 2.05) is 52.0 Å². The number of carbonyl (C=O) groups excluding carboxylic acids is 1. The number of nitrogens with zero attached hydrogens (tertiary/aromatic N) is 3. The lowest BCUT2D eigenvalue weighted by molar-refractivity contribution is -0.120. The van der Waals surface area contributed by atoms with E-state index in [1.54, 1.807) is 12.1 Å². The van der Waals surface area contributed by atoms with Crippen LogP contribution in [0.2, 0.25) is 0 Å². The molecule has 0 radical (unpaired) electrons. The van der Waals surface area contributed by atoms with Gasteiger partial charge in [0.05, 0.1) is 4.90 Å². The fourth-order valence-corrected chi connectivity index (χ4v) is 5.95. The van der Waals surface area contributed by atoms with E-state index in [0.717, 1.165) is 22.2 Å². The smallest absolute Gasteiger partial charge is 0.298 e. The van der Waals surface area contributed by atoms with E-state index in [9.17, 15) is 13.2 Å². The molecule has 34 heavy (non-hydrogen) atoms. The molecule has 182 valence electrons. The molecule has 0 bridgehead atoms. The lowest BCUT2D eigenvalue weighted by atomic mass is 9.95. The molecule has 2 heterocycles. The van der Waals surface area contributed by atoms with Gasteiger partial charge in [-0.05, 0) is 62.1 Å². The molecule has 0 atom stereocenters. The Kier molecular flexibility index (Phi) is 6.95. The summed E-state index contributed by atoms with van der Waals surface area (Å²) in [4.78, 5) is 19.9. The molecule has 0 aliphatic carbocycles. The van der Waals surface area contributed by atoms with Gasteiger partial charge >= 0.3 is 0 Å². The summed E-state index contributed by atoms with van der Waals surface area (Å²) in [5, 5.41) is 3.00. The Labute approximate surface area is 201 Å². The summed E-state index contributed by atoms with van der Waals surface area (Å²) in [7, 11) is -3.61. The molecule has 8 nitrogen and oxygen atoms in total. The van der Waals surface area contributed by atoms with Crippen molar-refractivity contribution in [2.75, 3.05) is 36.4 Å². The summed E-state index contributed by atoms with van der Waals surface area (Å²) >= 11 is 0. The van der Waals surface area contributed by atoms with E-state index < -0.39 is 10.0 Å². The quantitative estimate of drug-likeness (QED) is 0.536. The maximum Gasteiger partial charge on any atom is 0.298 e. The highest BCUT2D eigenvalue weighted by Crippen LogP contribution is 2.29. The van der Waals surface area contributed by atoms with Crippen molar-refractivity contribution in [2.24, 2.45) is 5.92 Å². The summed E-state index contributed by atoms with van der Waals surface area (Å²) in [5.74, 6) is -0.250. The number of benzene rings is 2. The second-order valence-corrected chi connectivity index (χ2v) is 10.7. The van der Waals surface area contributed by atoms with Gasteiger partial charge in [-0.25, -0.2) is 8.42 Å². The molecule has 1 fully saturated rings. The number of hydrogen-bond acceptors (Lipinski definition) is 6. The maximum absolute atomic E-state index is 13.1. The standard InChI is InChI=1S/C25H32N4O4S/c1-5-29(6-2)34(31,32)20-15-17(3)18(4)22(16-20)26-24(30)19-11-13-28(14-12-19)25-27-21-9-7-8-10-23(21)33-25/h7-10,15-16,19H,5-6,11-14H2,1-4H3,(H,26,30). The summed E-state index contributed by atoms with van der Waals surface area (Å²) in [5.41, 5.74) is 3.83. The SMILES string of the molecule is CCN(CC)S(=O)(=O)c1cc(C)c(C)c(NC(=O)C2CCN(c3nc4ccccc4o3)CC2)c1. The number of anilines is 2. The largest absolute Gasteiger partial charge is 0.423 e. The minimum absolute atomic E-state index is 0.0860.